The zero-order valence-corrected chi connectivity index (χ0v) is 20.7. The van der Waals surface area contributed by atoms with E-state index in [9.17, 15) is 22.8 Å². The monoisotopic (exact) mass is 533 g/mol. The zero-order valence-electron chi connectivity index (χ0n) is 18.3. The van der Waals surface area contributed by atoms with E-state index in [1.807, 2.05) is 0 Å². The standard InChI is InChI=1S/C22H19N3O7S3/c1-32-14-8-6-13(7-9-14)23-17(26)12-25-16-5-3-2-4-15(16)18(20(25)27)19-21(28)24(22(33)34-19)10-11-35(29,30)31/h2-9H,10-12H2,1H3,(H,23,26)(H,29,30,31)/b19-18-. The molecule has 4 rings (SSSR count). The number of rotatable bonds is 7. The summed E-state index contributed by atoms with van der Waals surface area (Å²) in [6.45, 7) is -0.640. The molecule has 1 fully saturated rings. The maximum atomic E-state index is 13.4. The maximum absolute atomic E-state index is 13.4. The Morgan fingerprint density at radius 2 is 1.77 bits per heavy atom. The van der Waals surface area contributed by atoms with E-state index in [1.54, 1.807) is 48.5 Å². The van der Waals surface area contributed by atoms with E-state index < -0.39 is 33.6 Å². The van der Waals surface area contributed by atoms with Crippen molar-refractivity contribution in [2.45, 2.75) is 0 Å². The van der Waals surface area contributed by atoms with Gasteiger partial charge in [0.25, 0.3) is 21.9 Å². The summed E-state index contributed by atoms with van der Waals surface area (Å²) in [5, 5.41) is 2.72. The van der Waals surface area contributed by atoms with Crippen LogP contribution in [0.15, 0.2) is 53.4 Å². The number of fused-ring (bicyclic) bond motifs is 1. The minimum Gasteiger partial charge on any atom is -0.497 e. The normalized spacial score (nSPS) is 17.7. The van der Waals surface area contributed by atoms with E-state index in [2.05, 4.69) is 5.32 Å². The number of amides is 3. The third-order valence-electron chi connectivity index (χ3n) is 5.25. The molecule has 0 saturated carbocycles. The lowest BCUT2D eigenvalue weighted by Gasteiger charge is -2.17. The van der Waals surface area contributed by atoms with Gasteiger partial charge in [-0.3, -0.25) is 28.7 Å². The van der Waals surface area contributed by atoms with Gasteiger partial charge in [0.1, 0.15) is 16.6 Å². The van der Waals surface area contributed by atoms with Gasteiger partial charge in [0, 0.05) is 17.8 Å². The average molecular weight is 534 g/mol. The summed E-state index contributed by atoms with van der Waals surface area (Å²) in [5.41, 5.74) is 1.53. The molecule has 0 atom stereocenters. The Labute approximate surface area is 210 Å². The van der Waals surface area contributed by atoms with Crippen LogP contribution in [-0.4, -0.2) is 65.9 Å². The molecule has 0 bridgehead atoms. The van der Waals surface area contributed by atoms with E-state index in [4.69, 9.17) is 21.5 Å². The third kappa shape index (κ3) is 5.22. The molecule has 182 valence electrons. The lowest BCUT2D eigenvalue weighted by atomic mass is 10.1. The van der Waals surface area contributed by atoms with E-state index >= 15 is 0 Å². The maximum Gasteiger partial charge on any atom is 0.267 e. The number of methoxy groups -OCH3 is 1. The molecule has 2 aliphatic rings. The van der Waals surface area contributed by atoms with E-state index in [1.165, 1.54) is 12.0 Å². The van der Waals surface area contributed by atoms with Crippen molar-refractivity contribution < 1.29 is 32.1 Å². The van der Waals surface area contributed by atoms with Gasteiger partial charge < -0.3 is 10.1 Å². The lowest BCUT2D eigenvalue weighted by molar-refractivity contribution is -0.122. The van der Waals surface area contributed by atoms with Crippen LogP contribution in [0.3, 0.4) is 0 Å². The number of ether oxygens (including phenoxy) is 1. The van der Waals surface area contributed by atoms with Gasteiger partial charge in [-0.15, -0.1) is 0 Å². The summed E-state index contributed by atoms with van der Waals surface area (Å²) in [7, 11) is -2.78. The van der Waals surface area contributed by atoms with Crippen LogP contribution in [0, 0.1) is 0 Å². The van der Waals surface area contributed by atoms with Gasteiger partial charge in [-0.05, 0) is 30.3 Å². The second-order valence-electron chi connectivity index (χ2n) is 7.50. The quantitative estimate of drug-likeness (QED) is 0.312. The summed E-state index contributed by atoms with van der Waals surface area (Å²) in [6.07, 6.45) is 0. The van der Waals surface area contributed by atoms with Crippen molar-refractivity contribution >= 4 is 73.1 Å². The first-order chi connectivity index (χ1) is 16.6. The highest BCUT2D eigenvalue weighted by atomic mass is 32.2. The lowest BCUT2D eigenvalue weighted by Crippen LogP contribution is -2.36. The summed E-state index contributed by atoms with van der Waals surface area (Å²) in [4.78, 5) is 41.5. The highest BCUT2D eigenvalue weighted by Gasteiger charge is 2.42. The second-order valence-corrected chi connectivity index (χ2v) is 10.7. The van der Waals surface area contributed by atoms with Crippen molar-refractivity contribution in [2.75, 3.05) is 36.2 Å². The van der Waals surface area contributed by atoms with E-state index in [-0.39, 0.29) is 27.9 Å². The molecule has 0 unspecified atom stereocenters. The van der Waals surface area contributed by atoms with Gasteiger partial charge in [0.05, 0.1) is 29.0 Å². The van der Waals surface area contributed by atoms with Gasteiger partial charge in [-0.25, -0.2) is 0 Å². The molecule has 1 saturated heterocycles. The minimum atomic E-state index is -4.31. The molecule has 0 aliphatic carbocycles. The topological polar surface area (TPSA) is 133 Å². The second kappa shape index (κ2) is 9.77. The molecule has 2 heterocycles. The van der Waals surface area contributed by atoms with Crippen molar-refractivity contribution in [3.63, 3.8) is 0 Å². The van der Waals surface area contributed by atoms with Crippen LogP contribution < -0.4 is 15.0 Å². The number of hydrogen-bond donors (Lipinski definition) is 2. The van der Waals surface area contributed by atoms with Crippen molar-refractivity contribution in [1.29, 1.82) is 0 Å². The van der Waals surface area contributed by atoms with Gasteiger partial charge in [0.2, 0.25) is 5.91 Å². The number of para-hydroxylation sites is 1. The minimum absolute atomic E-state index is 0.0425. The number of hydrogen-bond acceptors (Lipinski definition) is 8. The van der Waals surface area contributed by atoms with Gasteiger partial charge in [-0.1, -0.05) is 42.2 Å². The Hall–Kier alpha value is -3.26. The third-order valence-corrected chi connectivity index (χ3v) is 7.39. The van der Waals surface area contributed by atoms with Crippen molar-refractivity contribution in [1.82, 2.24) is 4.90 Å². The van der Waals surface area contributed by atoms with E-state index in [0.29, 0.717) is 22.7 Å². The number of thiocarbonyl (C=S) groups is 1. The molecule has 3 amide bonds. The summed E-state index contributed by atoms with van der Waals surface area (Å²) in [5.74, 6) is -1.69. The Bertz CT molecular complexity index is 1370. The van der Waals surface area contributed by atoms with Crippen molar-refractivity contribution in [3.05, 3.63) is 59.0 Å². The molecule has 2 aliphatic heterocycles. The molecule has 2 aromatic rings. The SMILES string of the molecule is COc1ccc(NC(=O)CN2C(=O)/C(=C3\SC(=S)N(CCS(=O)(=O)O)C3=O)c3ccccc32)cc1. The van der Waals surface area contributed by atoms with Crippen LogP contribution in [0.1, 0.15) is 5.56 Å². The molecule has 0 radical (unpaired) electrons. The van der Waals surface area contributed by atoms with Crippen LogP contribution in [0.4, 0.5) is 11.4 Å². The molecule has 0 spiro atoms. The summed E-state index contributed by atoms with van der Waals surface area (Å²) < 4.78 is 36.4. The smallest absolute Gasteiger partial charge is 0.267 e. The summed E-state index contributed by atoms with van der Waals surface area (Å²) in [6, 6.07) is 13.4. The Kier molecular flexibility index (Phi) is 6.94. The average Bonchev–Trinajstić information content (AvgIpc) is 3.24. The zero-order chi connectivity index (χ0) is 25.3. The molecular formula is C22H19N3O7S3. The molecule has 2 N–H and O–H groups in total. The molecular weight excluding hydrogens is 514 g/mol. The van der Waals surface area contributed by atoms with Gasteiger partial charge in [-0.2, -0.15) is 8.42 Å². The number of carbonyl (C=O) groups is 3. The Morgan fingerprint density at radius 3 is 2.43 bits per heavy atom. The fourth-order valence-electron chi connectivity index (χ4n) is 3.62. The van der Waals surface area contributed by atoms with Gasteiger partial charge in [0.15, 0.2) is 0 Å². The number of nitrogens with zero attached hydrogens (tertiary/aromatic N) is 2. The Balaban J connectivity index is 1.59. The number of benzene rings is 2. The largest absolute Gasteiger partial charge is 0.497 e. The first-order valence-corrected chi connectivity index (χ1v) is 13.0. The molecule has 0 aromatic heterocycles. The molecule has 10 nitrogen and oxygen atoms in total. The summed E-state index contributed by atoms with van der Waals surface area (Å²) >= 11 is 6.08. The van der Waals surface area contributed by atoms with Crippen molar-refractivity contribution in [2.24, 2.45) is 0 Å². The van der Waals surface area contributed by atoms with Crippen LogP contribution in [0.25, 0.3) is 5.57 Å². The fraction of sp³-hybridized carbons (Fsp3) is 0.182. The number of carbonyl (C=O) groups excluding carboxylic acids is 3. The number of anilines is 2. The first-order valence-electron chi connectivity index (χ1n) is 10.2. The molecule has 13 heteroatoms. The van der Waals surface area contributed by atoms with Crippen LogP contribution in [0.5, 0.6) is 5.75 Å². The first kappa shape index (κ1) is 24.9. The predicted molar refractivity (Wildman–Crippen MR) is 136 cm³/mol. The predicted octanol–water partition coefficient (Wildman–Crippen LogP) is 2.14. The Morgan fingerprint density at radius 1 is 1.09 bits per heavy atom. The van der Waals surface area contributed by atoms with E-state index in [0.717, 1.165) is 16.7 Å². The van der Waals surface area contributed by atoms with Crippen LogP contribution in [0.2, 0.25) is 0 Å². The molecule has 2 aromatic carbocycles. The molecule has 35 heavy (non-hydrogen) atoms. The number of thioether (sulfide) groups is 1. The highest BCUT2D eigenvalue weighted by molar-refractivity contribution is 8.26. The van der Waals surface area contributed by atoms with Crippen LogP contribution in [-0.2, 0) is 24.5 Å². The fourth-order valence-corrected chi connectivity index (χ4v) is 5.42. The van der Waals surface area contributed by atoms with Gasteiger partial charge >= 0.3 is 0 Å². The van der Waals surface area contributed by atoms with Crippen LogP contribution >= 0.6 is 24.0 Å². The van der Waals surface area contributed by atoms with Crippen molar-refractivity contribution in [3.8, 4) is 5.75 Å². The highest BCUT2D eigenvalue weighted by Crippen LogP contribution is 2.44. The number of nitrogens with one attached hydrogen (secondary N) is 1.